The van der Waals surface area contributed by atoms with E-state index in [1.807, 2.05) is 6.92 Å². The predicted octanol–water partition coefficient (Wildman–Crippen LogP) is 4.87. The number of hydrogen-bond acceptors (Lipinski definition) is 6. The maximum Gasteiger partial charge on any atom is 0.277 e. The van der Waals surface area contributed by atoms with Gasteiger partial charge < -0.3 is 9.72 Å². The third kappa shape index (κ3) is 5.76. The average Bonchev–Trinajstić information content (AvgIpc) is 3.08. The Morgan fingerprint density at radius 2 is 1.97 bits per heavy atom. The molecule has 0 aliphatic rings. The van der Waals surface area contributed by atoms with E-state index < -0.39 is 9.05 Å². The van der Waals surface area contributed by atoms with Crippen LogP contribution >= 0.6 is 10.7 Å². The first-order valence-corrected chi connectivity index (χ1v) is 13.7. The smallest absolute Gasteiger partial charge is 0.277 e. The normalized spacial score (nSPS) is 12.9. The van der Waals surface area contributed by atoms with Crippen LogP contribution in [-0.2, 0) is 15.5 Å². The van der Waals surface area contributed by atoms with Gasteiger partial charge in [0.1, 0.15) is 11.6 Å². The third-order valence-corrected chi connectivity index (χ3v) is 7.15. The molecule has 2 heterocycles. The van der Waals surface area contributed by atoms with E-state index in [-0.39, 0.29) is 16.3 Å². The van der Waals surface area contributed by atoms with E-state index in [9.17, 15) is 13.2 Å². The summed E-state index contributed by atoms with van der Waals surface area (Å²) in [5.74, 6) is 1.75. The number of aromatic amines is 1. The Kier molecular flexibility index (Phi) is 8.18. The van der Waals surface area contributed by atoms with Gasteiger partial charge in [-0.25, -0.2) is 17.9 Å². The second-order valence-corrected chi connectivity index (χ2v) is 10.7. The van der Waals surface area contributed by atoms with Crippen molar-refractivity contribution < 1.29 is 13.2 Å². The summed E-state index contributed by atoms with van der Waals surface area (Å²) in [6.45, 7) is 8.32. The number of fused-ring (bicyclic) bond motifs is 1. The molecule has 3 aromatic rings. The number of rotatable bonds is 11. The van der Waals surface area contributed by atoms with Gasteiger partial charge in [0.25, 0.3) is 14.6 Å². The Bertz CT molecular complexity index is 1280. The first kappa shape index (κ1) is 25.2. The highest BCUT2D eigenvalue weighted by atomic mass is 35.7. The lowest BCUT2D eigenvalue weighted by molar-refractivity contribution is 0.341. The zero-order valence-corrected chi connectivity index (χ0v) is 21.1. The van der Waals surface area contributed by atoms with E-state index in [4.69, 9.17) is 15.4 Å². The molecule has 10 heteroatoms. The van der Waals surface area contributed by atoms with Crippen molar-refractivity contribution in [3.05, 3.63) is 40.1 Å². The fourth-order valence-corrected chi connectivity index (χ4v) is 4.79. The van der Waals surface area contributed by atoms with Crippen molar-refractivity contribution in [2.45, 2.75) is 71.1 Å². The number of halogens is 1. The van der Waals surface area contributed by atoms with Crippen LogP contribution in [0.25, 0.3) is 16.9 Å². The van der Waals surface area contributed by atoms with E-state index in [1.54, 1.807) is 11.4 Å². The Balaban J connectivity index is 2.13. The average molecular weight is 495 g/mol. The zero-order valence-electron chi connectivity index (χ0n) is 19.5. The van der Waals surface area contributed by atoms with Crippen molar-refractivity contribution >= 4 is 25.2 Å². The van der Waals surface area contributed by atoms with Gasteiger partial charge in [0.15, 0.2) is 11.3 Å². The second kappa shape index (κ2) is 10.7. The molecule has 180 valence electrons. The molecule has 1 aromatic carbocycles. The van der Waals surface area contributed by atoms with Crippen LogP contribution in [0.15, 0.2) is 27.9 Å². The minimum Gasteiger partial charge on any atom is -0.493 e. The summed E-state index contributed by atoms with van der Waals surface area (Å²) in [5.41, 5.74) is 0.980. The Morgan fingerprint density at radius 1 is 1.21 bits per heavy atom. The second-order valence-electron chi connectivity index (χ2n) is 8.18. The van der Waals surface area contributed by atoms with Gasteiger partial charge in [-0.15, -0.1) is 5.10 Å². The topological polar surface area (TPSA) is 106 Å². The maximum atomic E-state index is 13.0. The largest absolute Gasteiger partial charge is 0.493 e. The quantitative estimate of drug-likeness (QED) is 0.301. The summed E-state index contributed by atoms with van der Waals surface area (Å²) in [7, 11) is 1.58. The van der Waals surface area contributed by atoms with Crippen LogP contribution in [-0.4, -0.2) is 34.6 Å². The number of nitrogens with zero attached hydrogens (tertiary/aromatic N) is 3. The zero-order chi connectivity index (χ0) is 24.2. The number of aromatic nitrogens is 4. The van der Waals surface area contributed by atoms with Crippen molar-refractivity contribution in [1.82, 2.24) is 19.6 Å². The Morgan fingerprint density at radius 3 is 2.61 bits per heavy atom. The van der Waals surface area contributed by atoms with Crippen LogP contribution in [0, 0.1) is 12.8 Å². The van der Waals surface area contributed by atoms with Crippen LogP contribution in [0.2, 0.25) is 0 Å². The van der Waals surface area contributed by atoms with Crippen molar-refractivity contribution in [2.24, 2.45) is 5.92 Å². The minimum atomic E-state index is -3.97. The highest BCUT2D eigenvalue weighted by Crippen LogP contribution is 2.31. The molecule has 0 bridgehead atoms. The fraction of sp³-hybridized carbons (Fsp3) is 0.522. The minimum absolute atomic E-state index is 0.102. The number of benzene rings is 1. The summed E-state index contributed by atoms with van der Waals surface area (Å²) in [6.07, 6.45) is 6.34. The molecular weight excluding hydrogens is 464 g/mol. The van der Waals surface area contributed by atoms with Gasteiger partial charge in [-0.05, 0) is 38.0 Å². The number of H-pyrrole nitrogens is 1. The van der Waals surface area contributed by atoms with Gasteiger partial charge in [0, 0.05) is 17.1 Å². The highest BCUT2D eigenvalue weighted by Gasteiger charge is 2.21. The first-order chi connectivity index (χ1) is 15.7. The van der Waals surface area contributed by atoms with Gasteiger partial charge in [0.05, 0.1) is 22.8 Å². The summed E-state index contributed by atoms with van der Waals surface area (Å²) in [5, 5.41) is 4.66. The van der Waals surface area contributed by atoms with Gasteiger partial charge in [0.2, 0.25) is 0 Å². The van der Waals surface area contributed by atoms with Gasteiger partial charge in [-0.1, -0.05) is 46.0 Å². The summed E-state index contributed by atoms with van der Waals surface area (Å²) in [4.78, 5) is 20.3. The molecule has 2 aromatic heterocycles. The van der Waals surface area contributed by atoms with Crippen molar-refractivity contribution in [3.8, 4) is 17.1 Å². The number of ether oxygens (including phenoxy) is 1. The molecule has 8 nitrogen and oxygen atoms in total. The van der Waals surface area contributed by atoms with E-state index in [1.165, 1.54) is 31.0 Å². The molecule has 33 heavy (non-hydrogen) atoms. The number of nitrogens with one attached hydrogen (secondary N) is 1. The van der Waals surface area contributed by atoms with E-state index >= 15 is 0 Å². The monoisotopic (exact) mass is 494 g/mol. The summed E-state index contributed by atoms with van der Waals surface area (Å²) >= 11 is 0. The van der Waals surface area contributed by atoms with Crippen LogP contribution in [0.4, 0.5) is 0 Å². The molecule has 0 aliphatic carbocycles. The summed E-state index contributed by atoms with van der Waals surface area (Å²) in [6, 6.07) is 4.24. The number of unbranched alkanes of at least 4 members (excludes halogenated alkanes) is 2. The van der Waals surface area contributed by atoms with Crippen molar-refractivity contribution in [1.29, 1.82) is 0 Å². The van der Waals surface area contributed by atoms with Crippen LogP contribution < -0.4 is 10.3 Å². The van der Waals surface area contributed by atoms with Gasteiger partial charge in [-0.2, -0.15) is 0 Å². The molecule has 3 rings (SSSR count). The Labute approximate surface area is 198 Å². The Hall–Kier alpha value is -2.39. The highest BCUT2D eigenvalue weighted by molar-refractivity contribution is 8.13. The molecule has 0 aliphatic heterocycles. The standard InChI is InChI=1S/C23H31ClN4O4S/c1-5-8-9-10-16(6-2)13-20-25-15(4)21-23(29)26-22(27-28(20)21)18-14-17(33(24,30)31)11-12-19(18)32-7-3/h11-12,14,16H,5-10,13H2,1-4H3,(H,26,27,29). The van der Waals surface area contributed by atoms with E-state index in [2.05, 4.69) is 28.9 Å². The van der Waals surface area contributed by atoms with Gasteiger partial charge >= 0.3 is 0 Å². The molecule has 1 unspecified atom stereocenters. The third-order valence-electron chi connectivity index (χ3n) is 5.79. The van der Waals surface area contributed by atoms with E-state index in [0.29, 0.717) is 41.5 Å². The van der Waals surface area contributed by atoms with Gasteiger partial charge in [-0.3, -0.25) is 4.79 Å². The van der Waals surface area contributed by atoms with Crippen LogP contribution in [0.3, 0.4) is 0 Å². The molecule has 0 radical (unpaired) electrons. The molecule has 1 N–H and O–H groups in total. The predicted molar refractivity (Wildman–Crippen MR) is 130 cm³/mol. The van der Waals surface area contributed by atoms with Crippen molar-refractivity contribution in [2.75, 3.05) is 6.61 Å². The van der Waals surface area contributed by atoms with E-state index in [0.717, 1.165) is 25.1 Å². The van der Waals surface area contributed by atoms with Crippen LogP contribution in [0.5, 0.6) is 5.75 Å². The molecular formula is C23H31ClN4O4S. The molecule has 0 amide bonds. The number of hydrogen-bond donors (Lipinski definition) is 1. The number of aryl methyl sites for hydroxylation is 1. The summed E-state index contributed by atoms with van der Waals surface area (Å²) < 4.78 is 31.0. The lowest BCUT2D eigenvalue weighted by Crippen LogP contribution is -2.17. The van der Waals surface area contributed by atoms with Crippen LogP contribution in [0.1, 0.15) is 64.4 Å². The lowest BCUT2D eigenvalue weighted by Gasteiger charge is -2.14. The molecule has 0 spiro atoms. The number of imidazole rings is 1. The molecule has 0 saturated heterocycles. The van der Waals surface area contributed by atoms with Crippen molar-refractivity contribution in [3.63, 3.8) is 0 Å². The molecule has 1 atom stereocenters. The lowest BCUT2D eigenvalue weighted by atomic mass is 9.95. The fourth-order valence-electron chi connectivity index (χ4n) is 4.01. The molecule has 0 saturated carbocycles. The maximum absolute atomic E-state index is 13.0. The first-order valence-electron chi connectivity index (χ1n) is 11.4. The molecule has 0 fully saturated rings. The SMILES string of the molecule is CCCCCC(CC)Cc1nc(C)c2c(=O)[nH]c(-c3cc(S(=O)(=O)Cl)ccc3OCC)nn12.